The molecule has 6 heteroatoms. The van der Waals surface area contributed by atoms with Gasteiger partial charge in [0.1, 0.15) is 5.75 Å². The minimum atomic E-state index is -1.35. The summed E-state index contributed by atoms with van der Waals surface area (Å²) in [6.45, 7) is 0.517. The van der Waals surface area contributed by atoms with Crippen molar-refractivity contribution in [2.45, 2.75) is 25.4 Å². The van der Waals surface area contributed by atoms with Gasteiger partial charge in [-0.1, -0.05) is 29.8 Å². The standard InChI is InChI=1S/C18H14ClNO4/c19-14-3-1-2-11-9-20(17(21)16(11)14)15-7-5-10-4-6-12(8-13(10)15)24-18(22)23/h1-4,6,8,15H,5,7,9H2,(H,22,23)/t15-/m1/s1. The molecule has 0 radical (unpaired) electrons. The Bertz CT molecular complexity index is 864. The summed E-state index contributed by atoms with van der Waals surface area (Å²) in [5.41, 5.74) is 3.57. The van der Waals surface area contributed by atoms with Crippen LogP contribution in [0.1, 0.15) is 39.5 Å². The van der Waals surface area contributed by atoms with Gasteiger partial charge in [-0.05, 0) is 47.7 Å². The molecule has 2 aliphatic rings. The largest absolute Gasteiger partial charge is 0.511 e. The Labute approximate surface area is 143 Å². The third-order valence-electron chi connectivity index (χ3n) is 4.66. The van der Waals surface area contributed by atoms with Gasteiger partial charge in [0.15, 0.2) is 0 Å². The predicted octanol–water partition coefficient (Wildman–Crippen LogP) is 4.04. The minimum absolute atomic E-state index is 0.0713. The highest BCUT2D eigenvalue weighted by molar-refractivity contribution is 6.34. The van der Waals surface area contributed by atoms with E-state index in [1.807, 2.05) is 23.1 Å². The molecule has 0 fully saturated rings. The van der Waals surface area contributed by atoms with Gasteiger partial charge < -0.3 is 14.7 Å². The number of hydrogen-bond acceptors (Lipinski definition) is 3. The van der Waals surface area contributed by atoms with Crippen molar-refractivity contribution in [1.82, 2.24) is 4.90 Å². The first kappa shape index (κ1) is 15.0. The molecule has 2 aromatic carbocycles. The quantitative estimate of drug-likeness (QED) is 0.660. The van der Waals surface area contributed by atoms with Gasteiger partial charge in [-0.15, -0.1) is 0 Å². The summed E-state index contributed by atoms with van der Waals surface area (Å²) in [7, 11) is 0. The zero-order valence-corrected chi connectivity index (χ0v) is 13.4. The first-order valence-corrected chi connectivity index (χ1v) is 8.04. The van der Waals surface area contributed by atoms with E-state index in [1.165, 1.54) is 0 Å². The van der Waals surface area contributed by atoms with Crippen molar-refractivity contribution in [3.63, 3.8) is 0 Å². The molecule has 0 unspecified atom stereocenters. The number of carbonyl (C=O) groups excluding carboxylic acids is 1. The summed E-state index contributed by atoms with van der Waals surface area (Å²) < 4.78 is 4.75. The van der Waals surface area contributed by atoms with Crippen molar-refractivity contribution in [1.29, 1.82) is 0 Å². The molecule has 2 aromatic rings. The smallest absolute Gasteiger partial charge is 0.449 e. The van der Waals surface area contributed by atoms with Crippen LogP contribution in [0.25, 0.3) is 0 Å². The zero-order chi connectivity index (χ0) is 16.8. The van der Waals surface area contributed by atoms with Crippen LogP contribution in [0.5, 0.6) is 5.75 Å². The second kappa shape index (κ2) is 5.53. The number of aryl methyl sites for hydroxylation is 1. The van der Waals surface area contributed by atoms with Crippen LogP contribution in [0.4, 0.5) is 4.79 Å². The number of hydrogen-bond donors (Lipinski definition) is 1. The highest BCUT2D eigenvalue weighted by atomic mass is 35.5. The fraction of sp³-hybridized carbons (Fsp3) is 0.222. The van der Waals surface area contributed by atoms with Crippen molar-refractivity contribution in [2.75, 3.05) is 0 Å². The Hall–Kier alpha value is -2.53. The van der Waals surface area contributed by atoms with Crippen LogP contribution in [-0.4, -0.2) is 22.1 Å². The molecule has 1 atom stereocenters. The molecule has 1 heterocycles. The van der Waals surface area contributed by atoms with E-state index in [9.17, 15) is 9.59 Å². The first-order chi connectivity index (χ1) is 11.5. The Balaban J connectivity index is 1.68. The zero-order valence-electron chi connectivity index (χ0n) is 12.7. The summed E-state index contributed by atoms with van der Waals surface area (Å²) in [5, 5.41) is 9.26. The van der Waals surface area contributed by atoms with Gasteiger partial charge in [0, 0.05) is 6.54 Å². The molecule has 0 saturated heterocycles. The van der Waals surface area contributed by atoms with Gasteiger partial charge >= 0.3 is 6.16 Å². The van der Waals surface area contributed by atoms with Gasteiger partial charge in [0.2, 0.25) is 0 Å². The van der Waals surface area contributed by atoms with Crippen LogP contribution in [0.2, 0.25) is 5.02 Å². The molecule has 0 spiro atoms. The average molecular weight is 344 g/mol. The first-order valence-electron chi connectivity index (χ1n) is 7.66. The molecule has 1 amide bonds. The average Bonchev–Trinajstić information content (AvgIpc) is 3.08. The summed E-state index contributed by atoms with van der Waals surface area (Å²) in [4.78, 5) is 25.3. The lowest BCUT2D eigenvalue weighted by atomic mass is 10.1. The van der Waals surface area contributed by atoms with E-state index >= 15 is 0 Å². The van der Waals surface area contributed by atoms with Crippen molar-refractivity contribution in [2.24, 2.45) is 0 Å². The van der Waals surface area contributed by atoms with Crippen molar-refractivity contribution in [3.05, 3.63) is 63.7 Å². The molecule has 122 valence electrons. The van der Waals surface area contributed by atoms with E-state index in [0.29, 0.717) is 17.1 Å². The lowest BCUT2D eigenvalue weighted by molar-refractivity contribution is 0.0701. The molecule has 1 aliphatic heterocycles. The van der Waals surface area contributed by atoms with E-state index in [0.717, 1.165) is 29.5 Å². The van der Waals surface area contributed by atoms with Crippen molar-refractivity contribution in [3.8, 4) is 5.75 Å². The molecule has 4 rings (SSSR count). The lowest BCUT2D eigenvalue weighted by Gasteiger charge is -2.25. The van der Waals surface area contributed by atoms with Gasteiger partial charge in [-0.3, -0.25) is 4.79 Å². The molecule has 1 N–H and O–H groups in total. The molecule has 0 bridgehead atoms. The van der Waals surface area contributed by atoms with Crippen molar-refractivity contribution >= 4 is 23.7 Å². The van der Waals surface area contributed by atoms with Crippen LogP contribution in [0, 0.1) is 0 Å². The number of ether oxygens (including phenoxy) is 1. The van der Waals surface area contributed by atoms with E-state index in [2.05, 4.69) is 0 Å². The maximum Gasteiger partial charge on any atom is 0.511 e. The molecular formula is C18H14ClNO4. The topological polar surface area (TPSA) is 66.8 Å². The minimum Gasteiger partial charge on any atom is -0.449 e. The number of carboxylic acid groups (broad SMARTS) is 1. The highest BCUT2D eigenvalue weighted by Crippen LogP contribution is 2.42. The number of carbonyl (C=O) groups is 2. The Morgan fingerprint density at radius 3 is 2.83 bits per heavy atom. The van der Waals surface area contributed by atoms with Crippen LogP contribution in [-0.2, 0) is 13.0 Å². The van der Waals surface area contributed by atoms with E-state index in [1.54, 1.807) is 18.2 Å². The van der Waals surface area contributed by atoms with Crippen molar-refractivity contribution < 1.29 is 19.4 Å². The predicted molar refractivity (Wildman–Crippen MR) is 87.5 cm³/mol. The summed E-state index contributed by atoms with van der Waals surface area (Å²) in [5.74, 6) is 0.202. The third kappa shape index (κ3) is 2.32. The summed E-state index contributed by atoms with van der Waals surface area (Å²) in [6.07, 6.45) is 0.311. The maximum absolute atomic E-state index is 12.8. The Kier molecular flexibility index (Phi) is 3.46. The van der Waals surface area contributed by atoms with E-state index in [-0.39, 0.29) is 17.7 Å². The second-order valence-corrected chi connectivity index (χ2v) is 6.40. The van der Waals surface area contributed by atoms with Gasteiger partial charge in [-0.2, -0.15) is 0 Å². The third-order valence-corrected chi connectivity index (χ3v) is 4.98. The summed E-state index contributed by atoms with van der Waals surface area (Å²) >= 11 is 6.19. The normalized spacial score (nSPS) is 18.5. The van der Waals surface area contributed by atoms with Gasteiger partial charge in [-0.25, -0.2) is 4.79 Å². The molecule has 5 nitrogen and oxygen atoms in total. The van der Waals surface area contributed by atoms with Crippen LogP contribution in [0.3, 0.4) is 0 Å². The maximum atomic E-state index is 12.8. The fourth-order valence-electron chi connectivity index (χ4n) is 3.64. The number of benzene rings is 2. The summed E-state index contributed by atoms with van der Waals surface area (Å²) in [6, 6.07) is 10.6. The Morgan fingerprint density at radius 1 is 1.25 bits per heavy atom. The number of halogens is 1. The molecular weight excluding hydrogens is 330 g/mol. The molecule has 0 saturated carbocycles. The fourth-order valence-corrected chi connectivity index (χ4v) is 3.91. The van der Waals surface area contributed by atoms with Gasteiger partial charge in [0.05, 0.1) is 16.6 Å². The van der Waals surface area contributed by atoms with Gasteiger partial charge in [0.25, 0.3) is 5.91 Å². The number of rotatable bonds is 2. The van der Waals surface area contributed by atoms with Crippen LogP contribution in [0.15, 0.2) is 36.4 Å². The second-order valence-electron chi connectivity index (χ2n) is 5.99. The lowest BCUT2D eigenvalue weighted by Crippen LogP contribution is -2.27. The van der Waals surface area contributed by atoms with E-state index in [4.69, 9.17) is 21.4 Å². The Morgan fingerprint density at radius 2 is 2.08 bits per heavy atom. The molecule has 0 aromatic heterocycles. The monoisotopic (exact) mass is 343 g/mol. The highest BCUT2D eigenvalue weighted by Gasteiger charge is 2.37. The molecule has 1 aliphatic carbocycles. The van der Waals surface area contributed by atoms with E-state index < -0.39 is 6.16 Å². The number of fused-ring (bicyclic) bond motifs is 2. The molecule has 24 heavy (non-hydrogen) atoms. The number of nitrogens with zero attached hydrogens (tertiary/aromatic N) is 1. The van der Waals surface area contributed by atoms with Crippen LogP contribution >= 0.6 is 11.6 Å². The number of amides is 1. The van der Waals surface area contributed by atoms with Crippen LogP contribution < -0.4 is 4.74 Å². The SMILES string of the molecule is O=C(O)Oc1ccc2c(c1)[C@H](N1Cc3cccc(Cl)c3C1=O)CC2.